The predicted octanol–water partition coefficient (Wildman–Crippen LogP) is 0.653. The minimum atomic E-state index is -0.190. The molecule has 2 rings (SSSR count). The minimum absolute atomic E-state index is 0.190. The van der Waals surface area contributed by atoms with Crippen LogP contribution in [0.2, 0.25) is 0 Å². The van der Waals surface area contributed by atoms with Gasteiger partial charge in [-0.3, -0.25) is 4.79 Å². The molecule has 0 bridgehead atoms. The van der Waals surface area contributed by atoms with Crippen molar-refractivity contribution in [1.29, 1.82) is 0 Å². The minimum Gasteiger partial charge on any atom is -0.468 e. The molecule has 5 heteroatoms. The number of aromatic nitrogens is 2. The smallest absolute Gasteiger partial charge is 0.264 e. The Hall–Kier alpha value is -1.88. The molecular weight excluding hydrogens is 194 g/mol. The van der Waals surface area contributed by atoms with Gasteiger partial charge in [0.05, 0.1) is 18.5 Å². The fourth-order valence-corrected chi connectivity index (χ4v) is 1.20. The van der Waals surface area contributed by atoms with Crippen LogP contribution in [0.1, 0.15) is 11.5 Å². The Labute approximate surface area is 86.1 Å². The van der Waals surface area contributed by atoms with Gasteiger partial charge in [-0.05, 0) is 18.2 Å². The van der Waals surface area contributed by atoms with Crippen molar-refractivity contribution in [2.45, 2.75) is 13.1 Å². The van der Waals surface area contributed by atoms with Crippen LogP contribution >= 0.6 is 0 Å². The molecule has 78 valence electrons. The molecule has 0 radical (unpaired) electrons. The molecule has 0 fully saturated rings. The normalized spacial score (nSPS) is 10.4. The van der Waals surface area contributed by atoms with Crippen LogP contribution < -0.4 is 10.9 Å². The largest absolute Gasteiger partial charge is 0.468 e. The standard InChI is InChI=1S/C10H11N3O2/c14-10-4-3-8(12-13-10)6-11-7-9-2-1-5-15-9/h1-5,11H,6-7H2,(H,13,14). The second kappa shape index (κ2) is 4.56. The molecule has 0 aliphatic carbocycles. The van der Waals surface area contributed by atoms with Crippen LogP contribution in [-0.4, -0.2) is 10.2 Å². The summed E-state index contributed by atoms with van der Waals surface area (Å²) >= 11 is 0. The van der Waals surface area contributed by atoms with E-state index in [1.165, 1.54) is 6.07 Å². The Morgan fingerprint density at radius 2 is 2.27 bits per heavy atom. The van der Waals surface area contributed by atoms with Gasteiger partial charge in [0.1, 0.15) is 5.76 Å². The van der Waals surface area contributed by atoms with E-state index < -0.39 is 0 Å². The molecule has 2 aromatic rings. The third kappa shape index (κ3) is 2.78. The van der Waals surface area contributed by atoms with Gasteiger partial charge in [-0.2, -0.15) is 5.10 Å². The maximum Gasteiger partial charge on any atom is 0.264 e. The van der Waals surface area contributed by atoms with E-state index in [1.807, 2.05) is 12.1 Å². The summed E-state index contributed by atoms with van der Waals surface area (Å²) in [5.41, 5.74) is 0.603. The lowest BCUT2D eigenvalue weighted by Gasteiger charge is -2.00. The van der Waals surface area contributed by atoms with Gasteiger partial charge in [-0.1, -0.05) is 0 Å². The van der Waals surface area contributed by atoms with E-state index in [9.17, 15) is 4.79 Å². The Morgan fingerprint density at radius 1 is 1.33 bits per heavy atom. The first-order valence-electron chi connectivity index (χ1n) is 4.62. The summed E-state index contributed by atoms with van der Waals surface area (Å²) in [6.45, 7) is 1.24. The summed E-state index contributed by atoms with van der Waals surface area (Å²) in [6, 6.07) is 6.88. The van der Waals surface area contributed by atoms with E-state index >= 15 is 0 Å². The molecule has 5 nitrogen and oxygen atoms in total. The van der Waals surface area contributed by atoms with Gasteiger partial charge in [-0.15, -0.1) is 0 Å². The van der Waals surface area contributed by atoms with Gasteiger partial charge in [0.25, 0.3) is 5.56 Å². The van der Waals surface area contributed by atoms with E-state index in [0.29, 0.717) is 13.1 Å². The molecule has 0 unspecified atom stereocenters. The van der Waals surface area contributed by atoms with Crippen molar-refractivity contribution in [3.8, 4) is 0 Å². The third-order valence-electron chi connectivity index (χ3n) is 1.92. The molecule has 0 aliphatic heterocycles. The molecule has 2 aromatic heterocycles. The van der Waals surface area contributed by atoms with Crippen LogP contribution in [0.15, 0.2) is 39.7 Å². The maximum atomic E-state index is 10.7. The molecule has 0 spiro atoms. The summed E-state index contributed by atoms with van der Waals surface area (Å²) in [6.07, 6.45) is 1.63. The second-order valence-corrected chi connectivity index (χ2v) is 3.10. The van der Waals surface area contributed by atoms with E-state index in [1.54, 1.807) is 12.3 Å². The second-order valence-electron chi connectivity index (χ2n) is 3.10. The Morgan fingerprint density at radius 3 is 2.93 bits per heavy atom. The van der Waals surface area contributed by atoms with Gasteiger partial charge in [0, 0.05) is 12.6 Å². The van der Waals surface area contributed by atoms with Crippen molar-refractivity contribution in [2.24, 2.45) is 0 Å². The summed E-state index contributed by atoms with van der Waals surface area (Å²) < 4.78 is 5.15. The summed E-state index contributed by atoms with van der Waals surface area (Å²) in [5, 5.41) is 9.39. The number of nitrogens with zero attached hydrogens (tertiary/aromatic N) is 1. The topological polar surface area (TPSA) is 70.9 Å². The molecule has 0 saturated carbocycles. The first-order valence-corrected chi connectivity index (χ1v) is 4.62. The van der Waals surface area contributed by atoms with Crippen LogP contribution in [0.3, 0.4) is 0 Å². The number of nitrogens with one attached hydrogen (secondary N) is 2. The molecular formula is C10H11N3O2. The third-order valence-corrected chi connectivity index (χ3v) is 1.92. The molecule has 2 N–H and O–H groups in total. The quantitative estimate of drug-likeness (QED) is 0.768. The van der Waals surface area contributed by atoms with Crippen molar-refractivity contribution in [3.05, 3.63) is 52.3 Å². The van der Waals surface area contributed by atoms with Crippen LogP contribution in [0.5, 0.6) is 0 Å². The van der Waals surface area contributed by atoms with Crippen LogP contribution in [0, 0.1) is 0 Å². The van der Waals surface area contributed by atoms with E-state index in [2.05, 4.69) is 15.5 Å². The highest BCUT2D eigenvalue weighted by Crippen LogP contribution is 1.99. The van der Waals surface area contributed by atoms with Gasteiger partial charge in [0.2, 0.25) is 0 Å². The summed E-state index contributed by atoms with van der Waals surface area (Å²) in [7, 11) is 0. The summed E-state index contributed by atoms with van der Waals surface area (Å²) in [5.74, 6) is 0.874. The van der Waals surface area contributed by atoms with E-state index in [0.717, 1.165) is 11.5 Å². The number of rotatable bonds is 4. The van der Waals surface area contributed by atoms with Gasteiger partial charge in [0.15, 0.2) is 0 Å². The number of furan rings is 1. The Kier molecular flexibility index (Phi) is 2.94. The van der Waals surface area contributed by atoms with Crippen LogP contribution in [-0.2, 0) is 13.1 Å². The molecule has 0 atom stereocenters. The average Bonchev–Trinajstić information content (AvgIpc) is 2.74. The molecule has 0 aromatic carbocycles. The average molecular weight is 205 g/mol. The van der Waals surface area contributed by atoms with Crippen molar-refractivity contribution in [3.63, 3.8) is 0 Å². The fraction of sp³-hybridized carbons (Fsp3) is 0.200. The zero-order valence-electron chi connectivity index (χ0n) is 8.06. The van der Waals surface area contributed by atoms with Crippen molar-refractivity contribution < 1.29 is 4.42 Å². The van der Waals surface area contributed by atoms with E-state index in [-0.39, 0.29) is 5.56 Å². The molecule has 15 heavy (non-hydrogen) atoms. The lowest BCUT2D eigenvalue weighted by molar-refractivity contribution is 0.481. The highest BCUT2D eigenvalue weighted by molar-refractivity contribution is 5.01. The molecule has 0 aliphatic rings. The number of hydrogen-bond donors (Lipinski definition) is 2. The number of hydrogen-bond acceptors (Lipinski definition) is 4. The lowest BCUT2D eigenvalue weighted by Crippen LogP contribution is -2.16. The lowest BCUT2D eigenvalue weighted by atomic mass is 10.3. The monoisotopic (exact) mass is 205 g/mol. The Balaban J connectivity index is 1.83. The Bertz CT molecular complexity index is 441. The van der Waals surface area contributed by atoms with Crippen molar-refractivity contribution in [1.82, 2.24) is 15.5 Å². The molecule has 2 heterocycles. The highest BCUT2D eigenvalue weighted by Gasteiger charge is 1.96. The first-order chi connectivity index (χ1) is 7.34. The SMILES string of the molecule is O=c1ccc(CNCc2ccco2)n[nH]1. The maximum absolute atomic E-state index is 10.7. The van der Waals surface area contributed by atoms with Crippen molar-refractivity contribution >= 4 is 0 Å². The number of aromatic amines is 1. The molecule has 0 saturated heterocycles. The highest BCUT2D eigenvalue weighted by atomic mass is 16.3. The van der Waals surface area contributed by atoms with Crippen molar-refractivity contribution in [2.75, 3.05) is 0 Å². The molecule has 0 amide bonds. The zero-order valence-corrected chi connectivity index (χ0v) is 8.06. The predicted molar refractivity (Wildman–Crippen MR) is 54.1 cm³/mol. The van der Waals surface area contributed by atoms with Gasteiger partial charge < -0.3 is 9.73 Å². The van der Waals surface area contributed by atoms with Crippen LogP contribution in [0.4, 0.5) is 0 Å². The van der Waals surface area contributed by atoms with Gasteiger partial charge >= 0.3 is 0 Å². The fourth-order valence-electron chi connectivity index (χ4n) is 1.20. The van der Waals surface area contributed by atoms with Crippen LogP contribution in [0.25, 0.3) is 0 Å². The zero-order chi connectivity index (χ0) is 10.5. The first kappa shape index (κ1) is 9.67. The summed E-state index contributed by atoms with van der Waals surface area (Å²) in [4.78, 5) is 10.7. The number of H-pyrrole nitrogens is 1. The van der Waals surface area contributed by atoms with Gasteiger partial charge in [-0.25, -0.2) is 5.10 Å². The van der Waals surface area contributed by atoms with E-state index in [4.69, 9.17) is 4.42 Å².